The summed E-state index contributed by atoms with van der Waals surface area (Å²) in [7, 11) is 0. The summed E-state index contributed by atoms with van der Waals surface area (Å²) in [5.74, 6) is 0. The van der Waals surface area contributed by atoms with Crippen molar-refractivity contribution in [2.75, 3.05) is 30.8 Å². The number of hydrogen-bond acceptors (Lipinski definition) is 5. The number of ether oxygens (including phenoxy) is 1. The molecule has 0 saturated heterocycles. The van der Waals surface area contributed by atoms with Gasteiger partial charge in [0.2, 0.25) is 0 Å². The summed E-state index contributed by atoms with van der Waals surface area (Å²) >= 11 is 0. The second-order valence-corrected chi connectivity index (χ2v) is 4.14. The molecule has 0 unspecified atom stereocenters. The standard InChI is InChI=1S/C13H19N3O2/c1-2-3-7-17-8-6-15-13-16-11-5-4-10(14)9-12(11)18-13/h4-5,9H,2-3,6-8,14H2,1H3,(H,15,16). The Labute approximate surface area is 106 Å². The van der Waals surface area contributed by atoms with E-state index in [-0.39, 0.29) is 0 Å². The van der Waals surface area contributed by atoms with E-state index in [9.17, 15) is 0 Å². The van der Waals surface area contributed by atoms with E-state index in [2.05, 4.69) is 17.2 Å². The molecule has 2 aromatic rings. The van der Waals surface area contributed by atoms with E-state index < -0.39 is 0 Å². The summed E-state index contributed by atoms with van der Waals surface area (Å²) in [6.07, 6.45) is 2.25. The zero-order valence-corrected chi connectivity index (χ0v) is 10.6. The monoisotopic (exact) mass is 249 g/mol. The molecular weight excluding hydrogens is 230 g/mol. The normalized spacial score (nSPS) is 10.9. The minimum Gasteiger partial charge on any atom is -0.423 e. The Hall–Kier alpha value is -1.75. The van der Waals surface area contributed by atoms with Crippen molar-refractivity contribution in [1.29, 1.82) is 0 Å². The summed E-state index contributed by atoms with van der Waals surface area (Å²) < 4.78 is 11.0. The number of aromatic nitrogens is 1. The van der Waals surface area contributed by atoms with Gasteiger partial charge < -0.3 is 20.2 Å². The van der Waals surface area contributed by atoms with Crippen LogP contribution in [0, 0.1) is 0 Å². The Bertz CT molecular complexity index is 496. The molecule has 3 N–H and O–H groups in total. The number of hydrogen-bond donors (Lipinski definition) is 2. The maximum Gasteiger partial charge on any atom is 0.295 e. The number of nitrogens with one attached hydrogen (secondary N) is 1. The molecule has 0 fully saturated rings. The minimum absolute atomic E-state index is 0.509. The predicted octanol–water partition coefficient (Wildman–Crippen LogP) is 2.64. The maximum absolute atomic E-state index is 5.67. The highest BCUT2D eigenvalue weighted by atomic mass is 16.5. The van der Waals surface area contributed by atoms with Crippen LogP contribution in [0.5, 0.6) is 0 Å². The van der Waals surface area contributed by atoms with E-state index in [0.29, 0.717) is 30.4 Å². The van der Waals surface area contributed by atoms with Gasteiger partial charge in [0.05, 0.1) is 6.61 Å². The van der Waals surface area contributed by atoms with E-state index in [1.165, 1.54) is 0 Å². The first-order valence-corrected chi connectivity index (χ1v) is 6.27. The zero-order valence-electron chi connectivity index (χ0n) is 10.6. The van der Waals surface area contributed by atoms with Gasteiger partial charge in [-0.15, -0.1) is 0 Å². The van der Waals surface area contributed by atoms with Crippen LogP contribution in [-0.4, -0.2) is 24.7 Å². The second kappa shape index (κ2) is 6.26. The fourth-order valence-electron chi connectivity index (χ4n) is 1.60. The molecule has 1 heterocycles. The molecule has 0 bridgehead atoms. The van der Waals surface area contributed by atoms with Crippen LogP contribution in [0.15, 0.2) is 22.6 Å². The fraction of sp³-hybridized carbons (Fsp3) is 0.462. The Morgan fingerprint density at radius 1 is 1.39 bits per heavy atom. The number of rotatable bonds is 7. The zero-order chi connectivity index (χ0) is 12.8. The van der Waals surface area contributed by atoms with Gasteiger partial charge in [-0.1, -0.05) is 13.3 Å². The minimum atomic E-state index is 0.509. The molecule has 0 spiro atoms. The van der Waals surface area contributed by atoms with Crippen molar-refractivity contribution >= 4 is 22.8 Å². The van der Waals surface area contributed by atoms with Gasteiger partial charge in [-0.25, -0.2) is 0 Å². The first-order chi connectivity index (χ1) is 8.79. The van der Waals surface area contributed by atoms with Gasteiger partial charge in [0.1, 0.15) is 5.52 Å². The van der Waals surface area contributed by atoms with Crippen LogP contribution in [0.3, 0.4) is 0 Å². The molecular formula is C13H19N3O2. The van der Waals surface area contributed by atoms with Crippen molar-refractivity contribution in [2.45, 2.75) is 19.8 Å². The van der Waals surface area contributed by atoms with Crippen LogP contribution in [0.4, 0.5) is 11.7 Å². The predicted molar refractivity (Wildman–Crippen MR) is 72.6 cm³/mol. The Balaban J connectivity index is 1.81. The van der Waals surface area contributed by atoms with Crippen LogP contribution < -0.4 is 11.1 Å². The molecule has 1 aromatic heterocycles. The highest BCUT2D eigenvalue weighted by Gasteiger charge is 2.04. The third kappa shape index (κ3) is 3.37. The van der Waals surface area contributed by atoms with E-state index in [1.54, 1.807) is 6.07 Å². The molecule has 0 aliphatic rings. The van der Waals surface area contributed by atoms with Crippen molar-refractivity contribution in [3.05, 3.63) is 18.2 Å². The first-order valence-electron chi connectivity index (χ1n) is 6.27. The lowest BCUT2D eigenvalue weighted by Crippen LogP contribution is -2.10. The molecule has 5 nitrogen and oxygen atoms in total. The molecule has 98 valence electrons. The largest absolute Gasteiger partial charge is 0.423 e. The molecule has 0 radical (unpaired) electrons. The van der Waals surface area contributed by atoms with E-state index in [1.807, 2.05) is 12.1 Å². The number of anilines is 2. The lowest BCUT2D eigenvalue weighted by Gasteiger charge is -2.03. The molecule has 0 atom stereocenters. The average Bonchev–Trinajstić information content (AvgIpc) is 2.75. The smallest absolute Gasteiger partial charge is 0.295 e. The second-order valence-electron chi connectivity index (χ2n) is 4.14. The Kier molecular flexibility index (Phi) is 4.41. The third-order valence-electron chi connectivity index (χ3n) is 2.58. The van der Waals surface area contributed by atoms with Gasteiger partial charge in [-0.2, -0.15) is 4.98 Å². The van der Waals surface area contributed by atoms with Crippen molar-refractivity contribution in [3.63, 3.8) is 0 Å². The summed E-state index contributed by atoms with van der Waals surface area (Å²) in [5.41, 5.74) is 7.85. The SMILES string of the molecule is CCCCOCCNc1nc2ccc(N)cc2o1. The maximum atomic E-state index is 5.67. The number of oxazole rings is 1. The number of nitrogens with two attached hydrogens (primary N) is 1. The number of benzene rings is 1. The third-order valence-corrected chi connectivity index (χ3v) is 2.58. The molecule has 0 aliphatic carbocycles. The van der Waals surface area contributed by atoms with Crippen LogP contribution >= 0.6 is 0 Å². The average molecular weight is 249 g/mol. The highest BCUT2D eigenvalue weighted by molar-refractivity contribution is 5.77. The fourth-order valence-corrected chi connectivity index (χ4v) is 1.60. The number of fused-ring (bicyclic) bond motifs is 1. The van der Waals surface area contributed by atoms with Crippen molar-refractivity contribution in [2.24, 2.45) is 0 Å². The lowest BCUT2D eigenvalue weighted by molar-refractivity contribution is 0.140. The van der Waals surface area contributed by atoms with Gasteiger partial charge in [-0.3, -0.25) is 0 Å². The quantitative estimate of drug-likeness (QED) is 0.583. The van der Waals surface area contributed by atoms with Crippen molar-refractivity contribution < 1.29 is 9.15 Å². The molecule has 5 heteroatoms. The Morgan fingerprint density at radius 2 is 2.28 bits per heavy atom. The van der Waals surface area contributed by atoms with Gasteiger partial charge in [0.25, 0.3) is 6.01 Å². The Morgan fingerprint density at radius 3 is 3.11 bits per heavy atom. The van der Waals surface area contributed by atoms with Crippen LogP contribution in [0.25, 0.3) is 11.1 Å². The topological polar surface area (TPSA) is 73.3 Å². The highest BCUT2D eigenvalue weighted by Crippen LogP contribution is 2.20. The molecule has 2 rings (SSSR count). The summed E-state index contributed by atoms with van der Waals surface area (Å²) in [6.45, 7) is 4.29. The molecule has 0 amide bonds. The van der Waals surface area contributed by atoms with Crippen molar-refractivity contribution in [1.82, 2.24) is 4.98 Å². The summed E-state index contributed by atoms with van der Waals surface area (Å²) in [6, 6.07) is 5.93. The van der Waals surface area contributed by atoms with Gasteiger partial charge in [-0.05, 0) is 18.6 Å². The van der Waals surface area contributed by atoms with Gasteiger partial charge in [0.15, 0.2) is 5.58 Å². The van der Waals surface area contributed by atoms with E-state index >= 15 is 0 Å². The summed E-state index contributed by atoms with van der Waals surface area (Å²) in [4.78, 5) is 4.30. The molecule has 1 aromatic carbocycles. The molecule has 0 aliphatic heterocycles. The van der Waals surface area contributed by atoms with Gasteiger partial charge >= 0.3 is 0 Å². The van der Waals surface area contributed by atoms with Crippen LogP contribution in [0.1, 0.15) is 19.8 Å². The number of unbranched alkanes of at least 4 members (excludes halogenated alkanes) is 1. The lowest BCUT2D eigenvalue weighted by atomic mass is 10.3. The number of nitrogens with zero attached hydrogens (tertiary/aromatic N) is 1. The van der Waals surface area contributed by atoms with Crippen LogP contribution in [0.2, 0.25) is 0 Å². The molecule has 0 saturated carbocycles. The number of nitrogen functional groups attached to an aromatic ring is 1. The van der Waals surface area contributed by atoms with E-state index in [0.717, 1.165) is 25.0 Å². The van der Waals surface area contributed by atoms with Crippen molar-refractivity contribution in [3.8, 4) is 0 Å². The molecule has 18 heavy (non-hydrogen) atoms. The summed E-state index contributed by atoms with van der Waals surface area (Å²) in [5, 5.41) is 3.09. The van der Waals surface area contributed by atoms with Gasteiger partial charge in [0, 0.05) is 24.9 Å². The van der Waals surface area contributed by atoms with Crippen LogP contribution in [-0.2, 0) is 4.74 Å². The van der Waals surface area contributed by atoms with E-state index in [4.69, 9.17) is 14.9 Å². The first kappa shape index (κ1) is 12.7.